The van der Waals surface area contributed by atoms with E-state index in [0.29, 0.717) is 5.75 Å². The third-order valence-corrected chi connectivity index (χ3v) is 6.36. The summed E-state index contributed by atoms with van der Waals surface area (Å²) in [5.41, 5.74) is 9.37. The molecular formula is C23H24BrN3OS. The summed E-state index contributed by atoms with van der Waals surface area (Å²) in [6.45, 7) is 6.21. The summed E-state index contributed by atoms with van der Waals surface area (Å²) in [7, 11) is 0. The number of carbonyl (C=O) groups is 1. The Labute approximate surface area is 184 Å². The zero-order valence-electron chi connectivity index (χ0n) is 16.8. The molecule has 1 aromatic heterocycles. The molecule has 0 saturated carbocycles. The number of amides is 1. The molecule has 6 heteroatoms. The van der Waals surface area contributed by atoms with Crippen LogP contribution in [0.4, 0.5) is 0 Å². The highest BCUT2D eigenvalue weighted by molar-refractivity contribution is 9.10. The Morgan fingerprint density at radius 3 is 2.59 bits per heavy atom. The lowest BCUT2D eigenvalue weighted by Crippen LogP contribution is -2.19. The van der Waals surface area contributed by atoms with Crippen molar-refractivity contribution in [3.8, 4) is 5.69 Å². The minimum Gasteiger partial charge on any atom is -0.318 e. The highest BCUT2D eigenvalue weighted by Gasteiger charge is 2.09. The average Bonchev–Trinajstić information content (AvgIpc) is 2.98. The summed E-state index contributed by atoms with van der Waals surface area (Å²) >= 11 is 5.09. The van der Waals surface area contributed by atoms with Gasteiger partial charge in [0.05, 0.1) is 12.0 Å². The van der Waals surface area contributed by atoms with Crippen LogP contribution in [0, 0.1) is 20.8 Å². The van der Waals surface area contributed by atoms with Crippen LogP contribution in [0.3, 0.4) is 0 Å². The lowest BCUT2D eigenvalue weighted by molar-refractivity contribution is -0.118. The summed E-state index contributed by atoms with van der Waals surface area (Å²) in [6.07, 6.45) is 1.71. The van der Waals surface area contributed by atoms with E-state index in [1.165, 1.54) is 11.1 Å². The maximum atomic E-state index is 12.1. The molecule has 0 aliphatic rings. The van der Waals surface area contributed by atoms with Gasteiger partial charge in [0.1, 0.15) is 0 Å². The van der Waals surface area contributed by atoms with Gasteiger partial charge in [-0.05, 0) is 50.6 Å². The van der Waals surface area contributed by atoms with E-state index in [2.05, 4.69) is 88.2 Å². The molecule has 0 atom stereocenters. The second-order valence-corrected chi connectivity index (χ2v) is 8.71. The molecular weight excluding hydrogens is 446 g/mol. The Bertz CT molecular complexity index is 1030. The fraction of sp³-hybridized carbons (Fsp3) is 0.217. The molecule has 150 valence electrons. The Balaban J connectivity index is 1.56. The Morgan fingerprint density at radius 2 is 1.86 bits per heavy atom. The quantitative estimate of drug-likeness (QED) is 0.364. The van der Waals surface area contributed by atoms with Gasteiger partial charge in [0.2, 0.25) is 5.91 Å². The van der Waals surface area contributed by atoms with Crippen LogP contribution in [0.25, 0.3) is 5.69 Å². The van der Waals surface area contributed by atoms with E-state index in [1.54, 1.807) is 18.0 Å². The van der Waals surface area contributed by atoms with Crippen molar-refractivity contribution in [3.05, 3.63) is 87.1 Å². The van der Waals surface area contributed by atoms with Crippen molar-refractivity contribution >= 4 is 39.8 Å². The van der Waals surface area contributed by atoms with Gasteiger partial charge in [-0.2, -0.15) is 5.10 Å². The van der Waals surface area contributed by atoms with Crippen molar-refractivity contribution in [3.63, 3.8) is 0 Å². The number of thioether (sulfide) groups is 1. The molecule has 2 aromatic carbocycles. The third kappa shape index (κ3) is 5.61. The molecule has 0 spiro atoms. The highest BCUT2D eigenvalue weighted by atomic mass is 79.9. The average molecular weight is 470 g/mol. The number of nitrogens with one attached hydrogen (secondary N) is 1. The van der Waals surface area contributed by atoms with E-state index in [0.717, 1.165) is 32.9 Å². The molecule has 1 heterocycles. The zero-order valence-corrected chi connectivity index (χ0v) is 19.2. The molecule has 1 N–H and O–H groups in total. The molecule has 0 fully saturated rings. The van der Waals surface area contributed by atoms with Gasteiger partial charge in [-0.1, -0.05) is 51.8 Å². The van der Waals surface area contributed by atoms with Gasteiger partial charge in [-0.3, -0.25) is 4.79 Å². The van der Waals surface area contributed by atoms with Gasteiger partial charge in [-0.25, -0.2) is 5.43 Å². The minimum atomic E-state index is -0.106. The van der Waals surface area contributed by atoms with Gasteiger partial charge in [-0.15, -0.1) is 11.8 Å². The molecule has 0 bridgehead atoms. The van der Waals surface area contributed by atoms with Crippen molar-refractivity contribution in [2.24, 2.45) is 5.10 Å². The lowest BCUT2D eigenvalue weighted by Gasteiger charge is -2.09. The Hall–Kier alpha value is -2.31. The lowest BCUT2D eigenvalue weighted by atomic mass is 10.2. The van der Waals surface area contributed by atoms with Crippen molar-refractivity contribution in [2.75, 3.05) is 5.75 Å². The predicted octanol–water partition coefficient (Wildman–Crippen LogP) is 5.55. The van der Waals surface area contributed by atoms with Gasteiger partial charge >= 0.3 is 0 Å². The summed E-state index contributed by atoms with van der Waals surface area (Å²) in [6, 6.07) is 18.5. The second kappa shape index (κ2) is 9.94. The maximum absolute atomic E-state index is 12.1. The SMILES string of the molecule is Cc1ccc(-n2c(C)cc(/C=N/NC(=O)CSCc3ccccc3Br)c2C)cc1. The topological polar surface area (TPSA) is 46.4 Å². The first-order chi connectivity index (χ1) is 14.0. The number of halogens is 1. The Kier molecular flexibility index (Phi) is 7.34. The third-order valence-electron chi connectivity index (χ3n) is 4.60. The van der Waals surface area contributed by atoms with Crippen LogP contribution >= 0.6 is 27.7 Å². The monoisotopic (exact) mass is 469 g/mol. The molecule has 3 aromatic rings. The first kappa shape index (κ1) is 21.4. The molecule has 0 radical (unpaired) electrons. The highest BCUT2D eigenvalue weighted by Crippen LogP contribution is 2.21. The number of rotatable bonds is 7. The number of hydrogen-bond acceptors (Lipinski definition) is 3. The van der Waals surface area contributed by atoms with E-state index < -0.39 is 0 Å². The van der Waals surface area contributed by atoms with Crippen molar-refractivity contribution in [1.29, 1.82) is 0 Å². The largest absolute Gasteiger partial charge is 0.318 e. The van der Waals surface area contributed by atoms with Crippen LogP contribution < -0.4 is 5.43 Å². The Morgan fingerprint density at radius 1 is 1.14 bits per heavy atom. The normalized spacial score (nSPS) is 11.2. The van der Waals surface area contributed by atoms with Crippen LogP contribution in [0.15, 0.2) is 64.2 Å². The van der Waals surface area contributed by atoms with E-state index in [1.807, 2.05) is 18.2 Å². The second-order valence-electron chi connectivity index (χ2n) is 6.87. The first-order valence-corrected chi connectivity index (χ1v) is 11.3. The van der Waals surface area contributed by atoms with Crippen LogP contribution in [-0.2, 0) is 10.5 Å². The summed E-state index contributed by atoms with van der Waals surface area (Å²) < 4.78 is 3.26. The standard InChI is InChI=1S/C23H24BrN3OS/c1-16-8-10-21(11-9-16)27-17(2)12-20(18(27)3)13-25-26-23(28)15-29-14-19-6-4-5-7-22(19)24/h4-13H,14-15H2,1-3H3,(H,26,28)/b25-13+. The zero-order chi connectivity index (χ0) is 20.8. The van der Waals surface area contributed by atoms with Gasteiger partial charge < -0.3 is 4.57 Å². The molecule has 0 saturated heterocycles. The number of aromatic nitrogens is 1. The predicted molar refractivity (Wildman–Crippen MR) is 126 cm³/mol. The van der Waals surface area contributed by atoms with Crippen LogP contribution in [0.5, 0.6) is 0 Å². The number of aryl methyl sites for hydroxylation is 2. The first-order valence-electron chi connectivity index (χ1n) is 9.34. The van der Waals surface area contributed by atoms with Gasteiger partial charge in [0.15, 0.2) is 0 Å². The summed E-state index contributed by atoms with van der Waals surface area (Å²) in [4.78, 5) is 12.1. The van der Waals surface area contributed by atoms with Crippen LogP contribution in [0.1, 0.15) is 28.1 Å². The fourth-order valence-corrected chi connectivity index (χ4v) is 4.52. The van der Waals surface area contributed by atoms with Gasteiger partial charge in [0, 0.05) is 32.9 Å². The van der Waals surface area contributed by atoms with Gasteiger partial charge in [0.25, 0.3) is 0 Å². The van der Waals surface area contributed by atoms with E-state index in [9.17, 15) is 4.79 Å². The van der Waals surface area contributed by atoms with Crippen molar-refractivity contribution in [1.82, 2.24) is 9.99 Å². The summed E-state index contributed by atoms with van der Waals surface area (Å²) in [5.74, 6) is 1.03. The fourth-order valence-electron chi connectivity index (χ4n) is 3.08. The smallest absolute Gasteiger partial charge is 0.250 e. The number of benzene rings is 2. The number of hydrazone groups is 1. The molecule has 1 amide bonds. The van der Waals surface area contributed by atoms with Crippen LogP contribution in [0.2, 0.25) is 0 Å². The molecule has 0 unspecified atom stereocenters. The molecule has 29 heavy (non-hydrogen) atoms. The minimum absolute atomic E-state index is 0.106. The molecule has 0 aliphatic carbocycles. The van der Waals surface area contributed by atoms with Crippen molar-refractivity contribution in [2.45, 2.75) is 26.5 Å². The molecule has 3 rings (SSSR count). The van der Waals surface area contributed by atoms with Crippen molar-refractivity contribution < 1.29 is 4.79 Å². The number of nitrogens with zero attached hydrogens (tertiary/aromatic N) is 2. The number of carbonyl (C=O) groups excluding carboxylic acids is 1. The van der Waals surface area contributed by atoms with Crippen LogP contribution in [-0.4, -0.2) is 22.4 Å². The maximum Gasteiger partial charge on any atom is 0.250 e. The molecule has 4 nitrogen and oxygen atoms in total. The van der Waals surface area contributed by atoms with E-state index >= 15 is 0 Å². The summed E-state index contributed by atoms with van der Waals surface area (Å²) in [5, 5.41) is 4.15. The van der Waals surface area contributed by atoms with E-state index in [-0.39, 0.29) is 5.91 Å². The molecule has 0 aliphatic heterocycles. The number of hydrogen-bond donors (Lipinski definition) is 1. The van der Waals surface area contributed by atoms with E-state index in [4.69, 9.17) is 0 Å².